The first kappa shape index (κ1) is 17.3. The Bertz CT molecular complexity index is 341. The molecule has 18 heavy (non-hydrogen) atoms. The van der Waals surface area contributed by atoms with Gasteiger partial charge in [-0.1, -0.05) is 13.3 Å². The third-order valence-corrected chi connectivity index (χ3v) is 4.09. The fourth-order valence-corrected chi connectivity index (χ4v) is 2.04. The van der Waals surface area contributed by atoms with Gasteiger partial charge in [0.1, 0.15) is 0 Å². The molecule has 0 aromatic heterocycles. The molecular weight excluding hydrogens is 254 g/mol. The van der Waals surface area contributed by atoms with Crippen molar-refractivity contribution >= 4 is 15.9 Å². The Morgan fingerprint density at radius 3 is 2.39 bits per heavy atom. The first-order chi connectivity index (χ1) is 8.28. The highest BCUT2D eigenvalue weighted by Gasteiger charge is 2.13. The maximum atomic E-state index is 11.6. The summed E-state index contributed by atoms with van der Waals surface area (Å²) in [5, 5.41) is 2.62. The van der Waals surface area contributed by atoms with Crippen LogP contribution in [0.2, 0.25) is 0 Å². The van der Waals surface area contributed by atoms with Crippen LogP contribution in [-0.2, 0) is 14.8 Å². The van der Waals surface area contributed by atoms with Crippen molar-refractivity contribution in [3.8, 4) is 0 Å². The number of carbonyl (C=O) groups is 1. The average molecular weight is 279 g/mol. The van der Waals surface area contributed by atoms with Crippen LogP contribution >= 0.6 is 0 Å². The summed E-state index contributed by atoms with van der Waals surface area (Å²) in [6.45, 7) is 3.91. The maximum Gasteiger partial charge on any atom is 0.222 e. The smallest absolute Gasteiger partial charge is 0.222 e. The molecule has 0 spiro atoms. The minimum atomic E-state index is -3.25. The van der Waals surface area contributed by atoms with E-state index in [4.69, 9.17) is 5.73 Å². The molecule has 7 heteroatoms. The number of carbonyl (C=O) groups excluding carboxylic acids is 1. The van der Waals surface area contributed by atoms with Gasteiger partial charge in [-0.3, -0.25) is 4.79 Å². The van der Waals surface area contributed by atoms with Crippen molar-refractivity contribution < 1.29 is 13.2 Å². The molecule has 0 aromatic rings. The summed E-state index contributed by atoms with van der Waals surface area (Å²) >= 11 is 0. The quantitative estimate of drug-likeness (QED) is 0.544. The minimum Gasteiger partial charge on any atom is -0.355 e. The first-order valence-electron chi connectivity index (χ1n) is 6.23. The van der Waals surface area contributed by atoms with Gasteiger partial charge in [0.05, 0.1) is 5.75 Å². The molecule has 1 amide bonds. The number of nitrogens with one attached hydrogen (secondary N) is 2. The lowest BCUT2D eigenvalue weighted by Gasteiger charge is -2.12. The molecule has 2 unspecified atom stereocenters. The Morgan fingerprint density at radius 2 is 1.89 bits per heavy atom. The second-order valence-corrected chi connectivity index (χ2v) is 6.67. The molecule has 0 bridgehead atoms. The number of rotatable bonds is 9. The van der Waals surface area contributed by atoms with Crippen LogP contribution in [-0.4, -0.2) is 39.7 Å². The summed E-state index contributed by atoms with van der Waals surface area (Å²) in [7, 11) is -1.90. The number of nitrogens with two attached hydrogens (primary N) is 1. The molecule has 0 aliphatic rings. The van der Waals surface area contributed by atoms with Crippen LogP contribution in [0.3, 0.4) is 0 Å². The van der Waals surface area contributed by atoms with Gasteiger partial charge in [-0.25, -0.2) is 13.1 Å². The number of amides is 1. The fourth-order valence-electron chi connectivity index (χ4n) is 1.46. The van der Waals surface area contributed by atoms with Crippen LogP contribution in [0.4, 0.5) is 0 Å². The molecule has 0 saturated carbocycles. The molecule has 0 saturated heterocycles. The van der Waals surface area contributed by atoms with E-state index in [0.717, 1.165) is 19.3 Å². The van der Waals surface area contributed by atoms with Gasteiger partial charge in [0.15, 0.2) is 0 Å². The van der Waals surface area contributed by atoms with Crippen LogP contribution in [0.5, 0.6) is 0 Å². The van der Waals surface area contributed by atoms with Crippen molar-refractivity contribution in [2.24, 2.45) is 11.7 Å². The van der Waals surface area contributed by atoms with Crippen molar-refractivity contribution in [2.45, 2.75) is 39.2 Å². The highest BCUT2D eigenvalue weighted by atomic mass is 32.2. The molecule has 4 N–H and O–H groups in total. The summed E-state index contributed by atoms with van der Waals surface area (Å²) < 4.78 is 24.4. The molecule has 108 valence electrons. The molecule has 6 nitrogen and oxygen atoms in total. The summed E-state index contributed by atoms with van der Waals surface area (Å²) in [5.41, 5.74) is 5.62. The molecule has 0 aliphatic heterocycles. The Morgan fingerprint density at radius 1 is 1.28 bits per heavy atom. The van der Waals surface area contributed by atoms with Crippen molar-refractivity contribution in [1.82, 2.24) is 10.0 Å². The van der Waals surface area contributed by atoms with Gasteiger partial charge < -0.3 is 11.1 Å². The van der Waals surface area contributed by atoms with E-state index in [9.17, 15) is 13.2 Å². The van der Waals surface area contributed by atoms with E-state index in [1.165, 1.54) is 7.05 Å². The summed E-state index contributed by atoms with van der Waals surface area (Å²) in [4.78, 5) is 11.6. The number of sulfonamides is 1. The summed E-state index contributed by atoms with van der Waals surface area (Å²) in [6.07, 6.45) is 2.57. The van der Waals surface area contributed by atoms with E-state index >= 15 is 0 Å². The monoisotopic (exact) mass is 279 g/mol. The number of hydrogen-bond acceptors (Lipinski definition) is 4. The Hall–Kier alpha value is -0.660. The molecule has 0 radical (unpaired) electrons. The highest BCUT2D eigenvalue weighted by Crippen LogP contribution is 2.08. The summed E-state index contributed by atoms with van der Waals surface area (Å²) in [5.74, 6) is -0.311. The lowest BCUT2D eigenvalue weighted by Crippen LogP contribution is -2.35. The summed E-state index contributed by atoms with van der Waals surface area (Å²) in [6, 6.07) is 0.154. The van der Waals surface area contributed by atoms with Crippen LogP contribution in [0, 0.1) is 5.92 Å². The van der Waals surface area contributed by atoms with Crippen LogP contribution < -0.4 is 15.8 Å². The van der Waals surface area contributed by atoms with Gasteiger partial charge in [-0.15, -0.1) is 0 Å². The van der Waals surface area contributed by atoms with Crippen LogP contribution in [0.15, 0.2) is 0 Å². The largest absolute Gasteiger partial charge is 0.355 e. The van der Waals surface area contributed by atoms with Crippen molar-refractivity contribution in [3.63, 3.8) is 0 Å². The standard InChI is InChI=1S/C11H25N3O3S/c1-9(5-4-6-10(2)12)11(15)14-7-8-18(16,17)13-3/h9-10,13H,4-8,12H2,1-3H3,(H,14,15). The zero-order valence-electron chi connectivity index (χ0n) is 11.4. The Kier molecular flexibility index (Phi) is 8.13. The second kappa shape index (κ2) is 8.44. The Labute approximate surface area is 110 Å². The van der Waals surface area contributed by atoms with E-state index in [0.29, 0.717) is 0 Å². The second-order valence-electron chi connectivity index (χ2n) is 4.62. The van der Waals surface area contributed by atoms with Gasteiger partial charge >= 0.3 is 0 Å². The van der Waals surface area contributed by atoms with Gasteiger partial charge in [0.2, 0.25) is 15.9 Å². The molecule has 0 fully saturated rings. The zero-order chi connectivity index (χ0) is 14.2. The SMILES string of the molecule is CNS(=O)(=O)CCNC(=O)C(C)CCCC(C)N. The third kappa shape index (κ3) is 8.43. The molecular formula is C11H25N3O3S. The van der Waals surface area contributed by atoms with Crippen LogP contribution in [0.25, 0.3) is 0 Å². The first-order valence-corrected chi connectivity index (χ1v) is 7.88. The van der Waals surface area contributed by atoms with Gasteiger partial charge in [0, 0.05) is 18.5 Å². The van der Waals surface area contributed by atoms with Crippen molar-refractivity contribution in [2.75, 3.05) is 19.3 Å². The minimum absolute atomic E-state index is 0.0954. The third-order valence-electron chi connectivity index (χ3n) is 2.73. The predicted molar refractivity (Wildman–Crippen MR) is 72.5 cm³/mol. The van der Waals surface area contributed by atoms with E-state index < -0.39 is 10.0 Å². The molecule has 0 aliphatic carbocycles. The Balaban J connectivity index is 3.81. The van der Waals surface area contributed by atoms with E-state index in [-0.39, 0.29) is 30.2 Å². The van der Waals surface area contributed by atoms with E-state index in [1.54, 1.807) is 0 Å². The molecule has 0 heterocycles. The van der Waals surface area contributed by atoms with E-state index in [1.807, 2.05) is 13.8 Å². The van der Waals surface area contributed by atoms with Gasteiger partial charge in [0.25, 0.3) is 0 Å². The van der Waals surface area contributed by atoms with E-state index in [2.05, 4.69) is 10.0 Å². The lowest BCUT2D eigenvalue weighted by molar-refractivity contribution is -0.124. The average Bonchev–Trinajstić information content (AvgIpc) is 2.28. The normalized spacial score (nSPS) is 15.1. The molecule has 0 rings (SSSR count). The fraction of sp³-hybridized carbons (Fsp3) is 0.909. The number of hydrogen-bond donors (Lipinski definition) is 3. The molecule has 2 atom stereocenters. The topological polar surface area (TPSA) is 101 Å². The van der Waals surface area contributed by atoms with Gasteiger partial charge in [-0.05, 0) is 26.8 Å². The van der Waals surface area contributed by atoms with Gasteiger partial charge in [-0.2, -0.15) is 0 Å². The lowest BCUT2D eigenvalue weighted by atomic mass is 10.0. The van der Waals surface area contributed by atoms with Crippen molar-refractivity contribution in [1.29, 1.82) is 0 Å². The molecule has 0 aromatic carbocycles. The zero-order valence-corrected chi connectivity index (χ0v) is 12.2. The maximum absolute atomic E-state index is 11.6. The highest BCUT2D eigenvalue weighted by molar-refractivity contribution is 7.89. The van der Waals surface area contributed by atoms with Crippen molar-refractivity contribution in [3.05, 3.63) is 0 Å². The van der Waals surface area contributed by atoms with Crippen LogP contribution in [0.1, 0.15) is 33.1 Å². The predicted octanol–water partition coefficient (Wildman–Crippen LogP) is -0.195.